The second-order valence-corrected chi connectivity index (χ2v) is 5.69. The lowest BCUT2D eigenvalue weighted by Gasteiger charge is -2.31. The van der Waals surface area contributed by atoms with Crippen molar-refractivity contribution >= 4 is 11.7 Å². The number of aryl methyl sites for hydroxylation is 1. The van der Waals surface area contributed by atoms with E-state index in [-0.39, 0.29) is 5.84 Å². The molecule has 1 aromatic rings. The first-order valence-corrected chi connectivity index (χ1v) is 7.69. The van der Waals surface area contributed by atoms with Crippen molar-refractivity contribution in [2.45, 2.75) is 46.0 Å². The highest BCUT2D eigenvalue weighted by molar-refractivity contribution is 6.02. The Hall–Kier alpha value is -1.85. The van der Waals surface area contributed by atoms with Gasteiger partial charge in [-0.05, 0) is 37.2 Å². The molecule has 0 aromatic carbocycles. The maximum absolute atomic E-state index is 9.11. The molecule has 1 aromatic heterocycles. The van der Waals surface area contributed by atoms with Gasteiger partial charge in [0.05, 0.1) is 11.3 Å². The van der Waals surface area contributed by atoms with Crippen LogP contribution < -0.4 is 10.6 Å². The number of hydrogen-bond donors (Lipinski definition) is 2. The zero-order chi connectivity index (χ0) is 15.4. The molecule has 1 fully saturated rings. The predicted octanol–water partition coefficient (Wildman–Crippen LogP) is 1.93. The van der Waals surface area contributed by atoms with Gasteiger partial charge in [0.1, 0.15) is 0 Å². The molecule has 0 atom stereocenters. The summed E-state index contributed by atoms with van der Waals surface area (Å²) in [6, 6.07) is 0. The minimum absolute atomic E-state index is 0.118. The number of hydrogen-bond acceptors (Lipinski definition) is 5. The van der Waals surface area contributed by atoms with E-state index in [4.69, 9.17) is 10.9 Å². The smallest absolute Gasteiger partial charge is 0.174 e. The molecule has 0 spiro atoms. The van der Waals surface area contributed by atoms with Crippen molar-refractivity contribution < 1.29 is 5.21 Å². The van der Waals surface area contributed by atoms with Crippen LogP contribution in [-0.2, 0) is 12.8 Å². The lowest BCUT2D eigenvalue weighted by atomic mass is 9.85. The van der Waals surface area contributed by atoms with Crippen molar-refractivity contribution in [1.82, 2.24) is 10.2 Å². The molecule has 3 N–H and O–H groups in total. The molecule has 1 aliphatic rings. The molecule has 6 nitrogen and oxygen atoms in total. The summed E-state index contributed by atoms with van der Waals surface area (Å²) < 4.78 is 0. The van der Waals surface area contributed by atoms with E-state index in [0.29, 0.717) is 11.7 Å². The van der Waals surface area contributed by atoms with Crippen LogP contribution in [0.2, 0.25) is 0 Å². The van der Waals surface area contributed by atoms with Gasteiger partial charge < -0.3 is 15.8 Å². The molecule has 2 rings (SSSR count). The minimum Gasteiger partial charge on any atom is -0.409 e. The van der Waals surface area contributed by atoms with Gasteiger partial charge >= 0.3 is 0 Å². The van der Waals surface area contributed by atoms with Crippen LogP contribution in [0.3, 0.4) is 0 Å². The minimum atomic E-state index is 0.118. The van der Waals surface area contributed by atoms with Crippen molar-refractivity contribution in [3.63, 3.8) is 0 Å². The third kappa shape index (κ3) is 3.09. The predicted molar refractivity (Wildman–Crippen MR) is 83.9 cm³/mol. The van der Waals surface area contributed by atoms with Crippen LogP contribution in [0.1, 0.15) is 49.9 Å². The Bertz CT molecular complexity index is 525. The highest BCUT2D eigenvalue weighted by Crippen LogP contribution is 2.30. The van der Waals surface area contributed by atoms with Gasteiger partial charge in [-0.2, -0.15) is 5.10 Å². The fraction of sp³-hybridized carbons (Fsp3) is 0.667. The Labute approximate surface area is 126 Å². The van der Waals surface area contributed by atoms with Gasteiger partial charge in [0, 0.05) is 13.6 Å². The van der Waals surface area contributed by atoms with Crippen molar-refractivity contribution in [2.24, 2.45) is 16.8 Å². The molecule has 1 aliphatic carbocycles. The molecule has 116 valence electrons. The van der Waals surface area contributed by atoms with E-state index in [1.165, 1.54) is 19.3 Å². The normalized spacial score (nSPS) is 15.9. The number of amidine groups is 1. The third-order valence-electron chi connectivity index (χ3n) is 4.31. The van der Waals surface area contributed by atoms with Gasteiger partial charge in [-0.25, -0.2) is 0 Å². The largest absolute Gasteiger partial charge is 0.409 e. The van der Waals surface area contributed by atoms with Crippen LogP contribution in [0, 0.1) is 5.92 Å². The number of rotatable bonds is 6. The van der Waals surface area contributed by atoms with Gasteiger partial charge in [-0.3, -0.25) is 0 Å². The Morgan fingerprint density at radius 1 is 1.33 bits per heavy atom. The van der Waals surface area contributed by atoms with E-state index < -0.39 is 0 Å². The molecule has 0 aliphatic heterocycles. The SMILES string of the molecule is CCc1nnc(N(C)CC2CCC2)c(C(N)=NO)c1CC. The zero-order valence-electron chi connectivity index (χ0n) is 13.1. The Kier molecular flexibility index (Phi) is 4.98. The lowest BCUT2D eigenvalue weighted by molar-refractivity contribution is 0.318. The quantitative estimate of drug-likeness (QED) is 0.362. The fourth-order valence-corrected chi connectivity index (χ4v) is 2.90. The van der Waals surface area contributed by atoms with Crippen LogP contribution >= 0.6 is 0 Å². The number of nitrogens with zero attached hydrogens (tertiary/aromatic N) is 4. The standard InChI is InChI=1S/C15H25N5O/c1-4-11-12(5-2)17-18-15(13(11)14(16)19-21)20(3)9-10-7-6-8-10/h10,21H,4-9H2,1-3H3,(H2,16,19). The van der Waals surface area contributed by atoms with Crippen LogP contribution in [0.25, 0.3) is 0 Å². The van der Waals surface area contributed by atoms with Gasteiger partial charge in [-0.15, -0.1) is 5.10 Å². The highest BCUT2D eigenvalue weighted by Gasteiger charge is 2.24. The first kappa shape index (κ1) is 15.5. The monoisotopic (exact) mass is 291 g/mol. The fourth-order valence-electron chi connectivity index (χ4n) is 2.90. The summed E-state index contributed by atoms with van der Waals surface area (Å²) in [4.78, 5) is 2.09. The summed E-state index contributed by atoms with van der Waals surface area (Å²) in [5.74, 6) is 1.55. The van der Waals surface area contributed by atoms with Gasteiger partial charge in [-0.1, -0.05) is 25.4 Å². The van der Waals surface area contributed by atoms with E-state index in [1.807, 2.05) is 14.0 Å². The molecular weight excluding hydrogens is 266 g/mol. The van der Waals surface area contributed by atoms with E-state index in [0.717, 1.165) is 36.2 Å². The molecular formula is C15H25N5O. The van der Waals surface area contributed by atoms with Crippen LogP contribution in [-0.4, -0.2) is 34.8 Å². The number of aromatic nitrogens is 2. The van der Waals surface area contributed by atoms with Crippen molar-refractivity contribution in [3.8, 4) is 0 Å². The molecule has 0 saturated heterocycles. The number of anilines is 1. The third-order valence-corrected chi connectivity index (χ3v) is 4.31. The first-order valence-electron chi connectivity index (χ1n) is 7.69. The Balaban J connectivity index is 2.43. The molecule has 6 heteroatoms. The average Bonchev–Trinajstić information content (AvgIpc) is 2.48. The number of nitrogens with two attached hydrogens (primary N) is 1. The van der Waals surface area contributed by atoms with Gasteiger partial charge in [0.25, 0.3) is 0 Å². The molecule has 0 unspecified atom stereocenters. The second kappa shape index (κ2) is 6.74. The average molecular weight is 291 g/mol. The summed E-state index contributed by atoms with van der Waals surface area (Å²) in [5.41, 5.74) is 8.59. The molecule has 0 amide bonds. The summed E-state index contributed by atoms with van der Waals surface area (Å²) in [7, 11) is 2.00. The first-order chi connectivity index (χ1) is 10.1. The summed E-state index contributed by atoms with van der Waals surface area (Å²) in [6.07, 6.45) is 5.42. The second-order valence-electron chi connectivity index (χ2n) is 5.69. The van der Waals surface area contributed by atoms with Crippen molar-refractivity contribution in [2.75, 3.05) is 18.5 Å². The van der Waals surface area contributed by atoms with E-state index >= 15 is 0 Å². The van der Waals surface area contributed by atoms with Crippen LogP contribution in [0.15, 0.2) is 5.16 Å². The van der Waals surface area contributed by atoms with Crippen molar-refractivity contribution in [3.05, 3.63) is 16.8 Å². The van der Waals surface area contributed by atoms with Crippen molar-refractivity contribution in [1.29, 1.82) is 0 Å². The van der Waals surface area contributed by atoms with E-state index in [1.54, 1.807) is 0 Å². The van der Waals surface area contributed by atoms with E-state index in [2.05, 4.69) is 27.2 Å². The number of oxime groups is 1. The van der Waals surface area contributed by atoms with Gasteiger partial charge in [0.15, 0.2) is 11.7 Å². The Morgan fingerprint density at radius 2 is 2.05 bits per heavy atom. The molecule has 0 radical (unpaired) electrons. The molecule has 0 bridgehead atoms. The lowest BCUT2D eigenvalue weighted by Crippen LogP contribution is -2.33. The maximum atomic E-state index is 9.11. The summed E-state index contributed by atoms with van der Waals surface area (Å²) in [5, 5.41) is 21.0. The Morgan fingerprint density at radius 3 is 2.52 bits per heavy atom. The molecule has 1 heterocycles. The van der Waals surface area contributed by atoms with E-state index in [9.17, 15) is 0 Å². The topological polar surface area (TPSA) is 87.6 Å². The molecule has 1 saturated carbocycles. The maximum Gasteiger partial charge on any atom is 0.174 e. The summed E-state index contributed by atoms with van der Waals surface area (Å²) >= 11 is 0. The van der Waals surface area contributed by atoms with Crippen LogP contribution in [0.4, 0.5) is 5.82 Å². The molecule has 21 heavy (non-hydrogen) atoms. The highest BCUT2D eigenvalue weighted by atomic mass is 16.4. The zero-order valence-corrected chi connectivity index (χ0v) is 13.1. The van der Waals surface area contributed by atoms with Gasteiger partial charge in [0.2, 0.25) is 0 Å². The summed E-state index contributed by atoms with van der Waals surface area (Å²) in [6.45, 7) is 5.03. The van der Waals surface area contributed by atoms with Crippen LogP contribution in [0.5, 0.6) is 0 Å².